The fourth-order valence-corrected chi connectivity index (χ4v) is 4.44. The van der Waals surface area contributed by atoms with Crippen LogP contribution in [0.3, 0.4) is 0 Å². The van der Waals surface area contributed by atoms with Crippen molar-refractivity contribution in [3.05, 3.63) is 30.3 Å². The van der Waals surface area contributed by atoms with Crippen molar-refractivity contribution < 1.29 is 9.05 Å². The van der Waals surface area contributed by atoms with E-state index in [1.54, 1.807) is 7.11 Å². The third-order valence-electron chi connectivity index (χ3n) is 4.33. The summed E-state index contributed by atoms with van der Waals surface area (Å²) in [5.41, 5.74) is 0. The molecule has 0 bridgehead atoms. The Morgan fingerprint density at radius 2 is 1.85 bits per heavy atom. The lowest BCUT2D eigenvalue weighted by Gasteiger charge is -2.38. The van der Waals surface area contributed by atoms with Gasteiger partial charge in [0.05, 0.1) is 6.10 Å². The van der Waals surface area contributed by atoms with Gasteiger partial charge in [-0.1, -0.05) is 45.4 Å². The summed E-state index contributed by atoms with van der Waals surface area (Å²) in [6.45, 7) is 6.97. The molecule has 0 amide bonds. The average molecular weight is 294 g/mol. The zero-order valence-corrected chi connectivity index (χ0v) is 14.0. The van der Waals surface area contributed by atoms with Gasteiger partial charge in [-0.05, 0) is 42.7 Å². The Bertz CT molecular complexity index is 393. The van der Waals surface area contributed by atoms with Crippen LogP contribution in [0, 0.1) is 17.8 Å². The van der Waals surface area contributed by atoms with E-state index in [0.717, 1.165) is 12.3 Å². The number of hydrogen-bond acceptors (Lipinski definition) is 2. The average Bonchev–Trinajstić information content (AvgIpc) is 2.45. The molecule has 0 radical (unpaired) electrons. The van der Waals surface area contributed by atoms with E-state index < -0.39 is 8.38 Å². The molecule has 1 aliphatic carbocycles. The van der Waals surface area contributed by atoms with Gasteiger partial charge >= 0.3 is 0 Å². The van der Waals surface area contributed by atoms with Crippen molar-refractivity contribution in [1.29, 1.82) is 0 Å². The quantitative estimate of drug-likeness (QED) is 0.730. The standard InChI is InChI=1S/C17H27O2P/c1-13(2)16-11-10-14(3)12-17(16)19-20(18-4)15-8-6-5-7-9-15/h5-9,13-14,16-17H,10-12H2,1-4H3/t14-,16-,17+,20?/m0/s1. The summed E-state index contributed by atoms with van der Waals surface area (Å²) in [5, 5.41) is 1.17. The second-order valence-corrected chi connectivity index (χ2v) is 7.85. The molecule has 4 atom stereocenters. The number of hydrogen-bond donors (Lipinski definition) is 0. The molecule has 0 saturated heterocycles. The summed E-state index contributed by atoms with van der Waals surface area (Å²) in [5.74, 6) is 2.10. The maximum Gasteiger partial charge on any atom is 0.205 e. The van der Waals surface area contributed by atoms with Gasteiger partial charge < -0.3 is 9.05 Å². The van der Waals surface area contributed by atoms with Gasteiger partial charge in [-0.15, -0.1) is 0 Å². The Balaban J connectivity index is 2.08. The molecule has 1 aromatic rings. The molecular weight excluding hydrogens is 267 g/mol. The van der Waals surface area contributed by atoms with Crippen molar-refractivity contribution in [1.82, 2.24) is 0 Å². The Kier molecular flexibility index (Phi) is 6.01. The van der Waals surface area contributed by atoms with E-state index in [2.05, 4.69) is 45.0 Å². The van der Waals surface area contributed by atoms with Crippen molar-refractivity contribution in [2.45, 2.75) is 46.1 Å². The molecule has 2 nitrogen and oxygen atoms in total. The minimum atomic E-state index is -0.947. The second-order valence-electron chi connectivity index (χ2n) is 6.25. The lowest BCUT2D eigenvalue weighted by molar-refractivity contribution is 0.0470. The van der Waals surface area contributed by atoms with E-state index in [1.807, 2.05) is 6.07 Å². The predicted molar refractivity (Wildman–Crippen MR) is 86.2 cm³/mol. The maximum absolute atomic E-state index is 6.41. The second kappa shape index (κ2) is 7.54. The van der Waals surface area contributed by atoms with Gasteiger partial charge in [0.2, 0.25) is 8.38 Å². The normalized spacial score (nSPS) is 28.6. The molecule has 0 aromatic heterocycles. The van der Waals surface area contributed by atoms with Crippen LogP contribution in [-0.2, 0) is 9.05 Å². The summed E-state index contributed by atoms with van der Waals surface area (Å²) in [7, 11) is 0.812. The van der Waals surface area contributed by atoms with Crippen LogP contribution < -0.4 is 5.30 Å². The first-order chi connectivity index (χ1) is 9.61. The van der Waals surface area contributed by atoms with Gasteiger partial charge in [0.1, 0.15) is 0 Å². The molecule has 1 fully saturated rings. The smallest absolute Gasteiger partial charge is 0.205 e. The van der Waals surface area contributed by atoms with Crippen molar-refractivity contribution in [3.63, 3.8) is 0 Å². The van der Waals surface area contributed by atoms with E-state index in [4.69, 9.17) is 9.05 Å². The van der Waals surface area contributed by atoms with Gasteiger partial charge in [-0.25, -0.2) is 0 Å². The highest BCUT2D eigenvalue weighted by Crippen LogP contribution is 2.45. The third kappa shape index (κ3) is 4.04. The van der Waals surface area contributed by atoms with Crippen LogP contribution in [0.15, 0.2) is 30.3 Å². The molecule has 1 saturated carbocycles. The topological polar surface area (TPSA) is 18.5 Å². The molecule has 0 spiro atoms. The van der Waals surface area contributed by atoms with Crippen LogP contribution in [0.4, 0.5) is 0 Å². The predicted octanol–water partition coefficient (Wildman–Crippen LogP) is 4.75. The van der Waals surface area contributed by atoms with Crippen LogP contribution in [0.5, 0.6) is 0 Å². The van der Waals surface area contributed by atoms with Crippen molar-refractivity contribution in [3.8, 4) is 0 Å². The molecule has 20 heavy (non-hydrogen) atoms. The summed E-state index contributed by atoms with van der Waals surface area (Å²) >= 11 is 0. The number of benzene rings is 1. The molecule has 1 aliphatic rings. The van der Waals surface area contributed by atoms with E-state index >= 15 is 0 Å². The van der Waals surface area contributed by atoms with Crippen molar-refractivity contribution in [2.24, 2.45) is 17.8 Å². The van der Waals surface area contributed by atoms with E-state index in [-0.39, 0.29) is 0 Å². The van der Waals surface area contributed by atoms with Crippen LogP contribution in [0.2, 0.25) is 0 Å². The van der Waals surface area contributed by atoms with Gasteiger partial charge in [0.15, 0.2) is 0 Å². The highest BCUT2D eigenvalue weighted by Gasteiger charge is 2.33. The molecule has 1 unspecified atom stereocenters. The van der Waals surface area contributed by atoms with Gasteiger partial charge in [-0.3, -0.25) is 0 Å². The molecule has 0 heterocycles. The van der Waals surface area contributed by atoms with E-state index in [0.29, 0.717) is 17.9 Å². The Labute approximate surface area is 124 Å². The lowest BCUT2D eigenvalue weighted by atomic mass is 9.75. The Hall–Kier alpha value is -0.430. The van der Waals surface area contributed by atoms with Gasteiger partial charge in [0, 0.05) is 12.4 Å². The molecule has 2 rings (SSSR count). The molecule has 0 N–H and O–H groups in total. The van der Waals surface area contributed by atoms with E-state index in [9.17, 15) is 0 Å². The minimum Gasteiger partial charge on any atom is -0.334 e. The van der Waals surface area contributed by atoms with Crippen molar-refractivity contribution >= 4 is 13.7 Å². The SMILES string of the molecule is COP(O[C@@H]1C[C@@H](C)CC[C@H]1C(C)C)c1ccccc1. The molecule has 1 aromatic carbocycles. The zero-order valence-electron chi connectivity index (χ0n) is 13.1. The summed E-state index contributed by atoms with van der Waals surface area (Å²) in [6.07, 6.45) is 4.12. The summed E-state index contributed by atoms with van der Waals surface area (Å²) < 4.78 is 12.1. The fourth-order valence-electron chi connectivity index (χ4n) is 3.12. The minimum absolute atomic E-state index is 0.338. The van der Waals surface area contributed by atoms with Gasteiger partial charge in [0.25, 0.3) is 0 Å². The number of rotatable bonds is 5. The van der Waals surface area contributed by atoms with Crippen LogP contribution >= 0.6 is 8.38 Å². The van der Waals surface area contributed by atoms with E-state index in [1.165, 1.54) is 18.1 Å². The zero-order chi connectivity index (χ0) is 14.5. The van der Waals surface area contributed by atoms with Crippen LogP contribution in [0.25, 0.3) is 0 Å². The molecule has 0 aliphatic heterocycles. The highest BCUT2D eigenvalue weighted by atomic mass is 31.2. The first-order valence-electron chi connectivity index (χ1n) is 7.68. The largest absolute Gasteiger partial charge is 0.334 e. The fraction of sp³-hybridized carbons (Fsp3) is 0.647. The molecule has 3 heteroatoms. The summed E-state index contributed by atoms with van der Waals surface area (Å²) in [4.78, 5) is 0. The lowest BCUT2D eigenvalue weighted by Crippen LogP contribution is -2.34. The third-order valence-corrected chi connectivity index (χ3v) is 5.84. The monoisotopic (exact) mass is 294 g/mol. The van der Waals surface area contributed by atoms with Gasteiger partial charge in [-0.2, -0.15) is 0 Å². The Morgan fingerprint density at radius 1 is 1.15 bits per heavy atom. The Morgan fingerprint density at radius 3 is 2.45 bits per heavy atom. The summed E-state index contributed by atoms with van der Waals surface area (Å²) in [6, 6.07) is 10.3. The van der Waals surface area contributed by atoms with Crippen LogP contribution in [0.1, 0.15) is 40.0 Å². The highest BCUT2D eigenvalue weighted by molar-refractivity contribution is 7.56. The first-order valence-corrected chi connectivity index (χ1v) is 8.85. The first kappa shape index (κ1) is 15.9. The van der Waals surface area contributed by atoms with Crippen molar-refractivity contribution in [2.75, 3.05) is 7.11 Å². The molecule has 112 valence electrons. The molecular formula is C17H27O2P. The van der Waals surface area contributed by atoms with Crippen LogP contribution in [-0.4, -0.2) is 13.2 Å². The maximum atomic E-state index is 6.41.